The summed E-state index contributed by atoms with van der Waals surface area (Å²) in [5.41, 5.74) is -1.06. The van der Waals surface area contributed by atoms with Crippen molar-refractivity contribution in [1.82, 2.24) is 20.0 Å². The molecule has 0 radical (unpaired) electrons. The van der Waals surface area contributed by atoms with E-state index in [9.17, 15) is 20.1 Å². The van der Waals surface area contributed by atoms with Crippen LogP contribution in [0.3, 0.4) is 0 Å². The van der Waals surface area contributed by atoms with Crippen LogP contribution >= 0.6 is 12.4 Å². The van der Waals surface area contributed by atoms with E-state index in [1.165, 1.54) is 0 Å². The molecule has 252 valence electrons. The Balaban J connectivity index is 0.000000825. The fourth-order valence-electron chi connectivity index (χ4n) is 4.38. The molecule has 0 bridgehead atoms. The first kappa shape index (κ1) is 41.2. The molecule has 0 aliphatic carbocycles. The van der Waals surface area contributed by atoms with Gasteiger partial charge in [0.15, 0.2) is 0 Å². The smallest absolute Gasteiger partial charge is 0.410 e. The monoisotopic (exact) mass is 628 g/mol. The lowest BCUT2D eigenvalue weighted by atomic mass is 10.1. The highest BCUT2D eigenvalue weighted by molar-refractivity contribution is 5.85. The van der Waals surface area contributed by atoms with Crippen molar-refractivity contribution in [3.05, 3.63) is 0 Å². The predicted molar refractivity (Wildman–Crippen MR) is 166 cm³/mol. The zero-order chi connectivity index (χ0) is 31.4. The van der Waals surface area contributed by atoms with Gasteiger partial charge in [0.2, 0.25) is 0 Å². The second kappa shape index (κ2) is 18.9. The van der Waals surface area contributed by atoms with Crippen molar-refractivity contribution in [3.8, 4) is 0 Å². The molecule has 0 saturated carbocycles. The van der Waals surface area contributed by atoms with E-state index in [1.54, 1.807) is 4.90 Å². The van der Waals surface area contributed by atoms with E-state index in [2.05, 4.69) is 10.2 Å². The van der Waals surface area contributed by atoms with Gasteiger partial charge in [0.25, 0.3) is 0 Å². The largest absolute Gasteiger partial charge is 0.444 e. The quantitative estimate of drug-likeness (QED) is 0.235. The predicted octanol–water partition coefficient (Wildman–Crippen LogP) is 0.926. The number of nitrogens with zero attached hydrogens (tertiary/aromatic N) is 3. The molecule has 0 spiro atoms. The molecule has 2 unspecified atom stereocenters. The molecule has 0 aromatic heterocycles. The van der Waals surface area contributed by atoms with Gasteiger partial charge >= 0.3 is 6.09 Å². The molecule has 0 aromatic rings. The number of hydrogen-bond acceptors (Lipinski definition) is 11. The molecule has 2 heterocycles. The van der Waals surface area contributed by atoms with E-state index in [0.29, 0.717) is 39.3 Å². The summed E-state index contributed by atoms with van der Waals surface area (Å²) in [4.78, 5) is 18.0. The van der Waals surface area contributed by atoms with Crippen LogP contribution in [0.5, 0.6) is 0 Å². The van der Waals surface area contributed by atoms with Gasteiger partial charge in [0.05, 0.1) is 55.9 Å². The number of halogens is 1. The number of rotatable bonds is 10. The van der Waals surface area contributed by atoms with Crippen molar-refractivity contribution >= 4 is 18.5 Å². The Bertz CT molecular complexity index is 745. The summed E-state index contributed by atoms with van der Waals surface area (Å²) in [6, 6.07) is -0.205. The van der Waals surface area contributed by atoms with Gasteiger partial charge in [-0.3, -0.25) is 9.80 Å². The Morgan fingerprint density at radius 2 is 1.29 bits per heavy atom. The average molecular weight is 629 g/mol. The number of β-amino-alcohol motifs (C(OH)–C–C–N with tert-alkyl or cyclic N) is 2. The van der Waals surface area contributed by atoms with Crippen molar-refractivity contribution in [1.29, 1.82) is 0 Å². The average Bonchev–Trinajstić information content (AvgIpc) is 2.85. The number of piperazine rings is 2. The zero-order valence-corrected chi connectivity index (χ0v) is 28.3. The molecule has 2 aliphatic rings. The topological polar surface area (TPSA) is 147 Å². The molecule has 13 heteroatoms. The summed E-state index contributed by atoms with van der Waals surface area (Å²) in [6.07, 6.45) is -1.47. The third-order valence-corrected chi connectivity index (χ3v) is 6.32. The van der Waals surface area contributed by atoms with E-state index in [4.69, 9.17) is 19.3 Å². The third kappa shape index (κ3) is 18.8. The Hall–Kier alpha value is -0.800. The number of aliphatic hydroxyl groups is 4. The van der Waals surface area contributed by atoms with E-state index in [-0.39, 0.29) is 55.5 Å². The van der Waals surface area contributed by atoms with Crippen molar-refractivity contribution in [2.45, 2.75) is 103 Å². The van der Waals surface area contributed by atoms with Gasteiger partial charge in [-0.1, -0.05) is 0 Å². The maximum absolute atomic E-state index is 12.2. The summed E-state index contributed by atoms with van der Waals surface area (Å²) in [5.74, 6) is 0. The van der Waals surface area contributed by atoms with E-state index < -0.39 is 23.9 Å². The Kier molecular flexibility index (Phi) is 18.5. The maximum atomic E-state index is 12.2. The molecule has 4 atom stereocenters. The lowest BCUT2D eigenvalue weighted by Crippen LogP contribution is -2.58. The molecule has 42 heavy (non-hydrogen) atoms. The normalized spacial score (nSPS) is 22.5. The second-order valence-corrected chi connectivity index (χ2v) is 14.0. The van der Waals surface area contributed by atoms with Gasteiger partial charge in [-0.25, -0.2) is 4.79 Å². The first-order valence-electron chi connectivity index (χ1n) is 14.9. The van der Waals surface area contributed by atoms with Crippen molar-refractivity contribution < 1.29 is 39.4 Å². The molecule has 2 fully saturated rings. The molecule has 12 nitrogen and oxygen atoms in total. The number of amides is 1. The lowest BCUT2D eigenvalue weighted by Gasteiger charge is -2.41. The SMILES string of the molecule is CC(C)(C)OCC(O)CN1CCN(C(=O)OC(C)(C)C)[C@H](CO)C1.CC(C)(C)OCC(O)CN1CCN[C@H](CO)C1.Cl. The molecule has 2 aliphatic heterocycles. The van der Waals surface area contributed by atoms with Crippen LogP contribution in [0, 0.1) is 0 Å². The highest BCUT2D eigenvalue weighted by Crippen LogP contribution is 2.16. The number of aliphatic hydroxyl groups excluding tert-OH is 4. The van der Waals surface area contributed by atoms with Crippen LogP contribution in [0.2, 0.25) is 0 Å². The van der Waals surface area contributed by atoms with Crippen LogP contribution in [0.4, 0.5) is 4.79 Å². The number of carbonyl (C=O) groups is 1. The van der Waals surface area contributed by atoms with E-state index in [1.807, 2.05) is 67.2 Å². The van der Waals surface area contributed by atoms with Gasteiger partial charge in [-0.2, -0.15) is 0 Å². The molecular formula is C29H61ClN4O8. The van der Waals surface area contributed by atoms with Crippen molar-refractivity contribution in [3.63, 3.8) is 0 Å². The van der Waals surface area contributed by atoms with Crippen LogP contribution < -0.4 is 5.32 Å². The van der Waals surface area contributed by atoms with Gasteiger partial charge < -0.3 is 44.9 Å². The highest BCUT2D eigenvalue weighted by atomic mass is 35.5. The molecular weight excluding hydrogens is 568 g/mol. The van der Waals surface area contributed by atoms with Crippen LogP contribution in [0.15, 0.2) is 0 Å². The highest BCUT2D eigenvalue weighted by Gasteiger charge is 2.33. The van der Waals surface area contributed by atoms with Gasteiger partial charge in [-0.15, -0.1) is 12.4 Å². The van der Waals surface area contributed by atoms with Gasteiger partial charge in [0.1, 0.15) is 5.60 Å². The first-order valence-corrected chi connectivity index (χ1v) is 14.9. The summed E-state index contributed by atoms with van der Waals surface area (Å²) in [6.45, 7) is 23.1. The van der Waals surface area contributed by atoms with Crippen LogP contribution in [-0.4, -0.2) is 161 Å². The molecule has 0 aromatic carbocycles. The number of hydrogen-bond donors (Lipinski definition) is 5. The minimum absolute atomic E-state index is 0. The molecule has 1 amide bonds. The number of carbonyl (C=O) groups excluding carboxylic acids is 1. The fourth-order valence-corrected chi connectivity index (χ4v) is 4.38. The number of ether oxygens (including phenoxy) is 3. The van der Waals surface area contributed by atoms with E-state index in [0.717, 1.165) is 19.6 Å². The van der Waals surface area contributed by atoms with E-state index >= 15 is 0 Å². The Morgan fingerprint density at radius 3 is 1.71 bits per heavy atom. The summed E-state index contributed by atoms with van der Waals surface area (Å²) in [7, 11) is 0. The van der Waals surface area contributed by atoms with Crippen LogP contribution in [-0.2, 0) is 14.2 Å². The lowest BCUT2D eigenvalue weighted by molar-refractivity contribution is -0.0636. The Labute approximate surface area is 260 Å². The molecule has 2 rings (SSSR count). The summed E-state index contributed by atoms with van der Waals surface area (Å²) in [5, 5.41) is 41.9. The molecule has 2 saturated heterocycles. The Morgan fingerprint density at radius 1 is 0.786 bits per heavy atom. The second-order valence-electron chi connectivity index (χ2n) is 14.0. The molecule has 5 N–H and O–H groups in total. The fraction of sp³-hybridized carbons (Fsp3) is 0.966. The maximum Gasteiger partial charge on any atom is 0.410 e. The minimum atomic E-state index is -0.600. The number of nitrogens with one attached hydrogen (secondary N) is 1. The third-order valence-electron chi connectivity index (χ3n) is 6.32. The van der Waals surface area contributed by atoms with Gasteiger partial charge in [0, 0.05) is 58.4 Å². The standard InChI is InChI=1S/C17H34N2O5.C12H26N2O3.ClH/c1-16(2,3)23-12-14(21)10-18-7-8-19(13(9-18)11-20)15(22)24-17(4,5)6;1-12(2,3)17-9-11(16)7-14-5-4-13-10(6-14)8-15;/h13-14,20-21H,7-12H2,1-6H3;10-11,13,15-16H,4-9H2,1-3H3;1H/t13-,14?;10-,11?;/m00./s1. The van der Waals surface area contributed by atoms with Crippen molar-refractivity contribution in [2.75, 3.05) is 78.8 Å². The first-order chi connectivity index (χ1) is 18.8. The summed E-state index contributed by atoms with van der Waals surface area (Å²) >= 11 is 0. The van der Waals surface area contributed by atoms with Crippen molar-refractivity contribution in [2.24, 2.45) is 0 Å². The zero-order valence-electron chi connectivity index (χ0n) is 27.5. The summed E-state index contributed by atoms with van der Waals surface area (Å²) < 4.78 is 16.5. The minimum Gasteiger partial charge on any atom is -0.444 e. The van der Waals surface area contributed by atoms with Crippen LogP contribution in [0.1, 0.15) is 62.3 Å². The van der Waals surface area contributed by atoms with Crippen LogP contribution in [0.25, 0.3) is 0 Å². The van der Waals surface area contributed by atoms with Gasteiger partial charge in [-0.05, 0) is 62.3 Å².